The van der Waals surface area contributed by atoms with E-state index in [9.17, 15) is 13.2 Å². The van der Waals surface area contributed by atoms with Crippen molar-refractivity contribution in [3.63, 3.8) is 0 Å². The van der Waals surface area contributed by atoms with Gasteiger partial charge in [0, 0.05) is 5.56 Å². The van der Waals surface area contributed by atoms with Crippen LogP contribution in [0.3, 0.4) is 0 Å². The van der Waals surface area contributed by atoms with E-state index in [-0.39, 0.29) is 5.15 Å². The number of hydrogen-bond acceptors (Lipinski definition) is 3. The van der Waals surface area contributed by atoms with Gasteiger partial charge in [0.25, 0.3) is 0 Å². The Labute approximate surface area is 104 Å². The molecule has 2 rings (SSSR count). The average molecular weight is 279 g/mol. The van der Waals surface area contributed by atoms with Gasteiger partial charge in [-0.2, -0.15) is 21.9 Å². The lowest BCUT2D eigenvalue weighted by Gasteiger charge is -2.09. The summed E-state index contributed by atoms with van der Waals surface area (Å²) in [7, 11) is 0. The van der Waals surface area contributed by atoms with E-state index in [1.807, 2.05) is 0 Å². The third-order valence-electron chi connectivity index (χ3n) is 2.26. The molecule has 0 radical (unpaired) electrons. The van der Waals surface area contributed by atoms with Crippen molar-refractivity contribution in [1.29, 1.82) is 0 Å². The first-order valence-electron chi connectivity index (χ1n) is 4.56. The van der Waals surface area contributed by atoms with Gasteiger partial charge in [0.1, 0.15) is 5.69 Å². The first-order valence-corrected chi connectivity index (χ1v) is 5.66. The molecule has 7 heteroatoms. The number of aryl methyl sites for hydroxylation is 1. The highest BCUT2D eigenvalue weighted by Crippen LogP contribution is 2.34. The number of benzene rings is 1. The monoisotopic (exact) mass is 278 g/mol. The predicted octanol–water partition coefficient (Wildman–Crippen LogP) is 4.19. The molecule has 90 valence electrons. The van der Waals surface area contributed by atoms with Crippen LogP contribution in [0.5, 0.6) is 0 Å². The van der Waals surface area contributed by atoms with Gasteiger partial charge >= 0.3 is 6.18 Å². The third kappa shape index (κ3) is 2.42. The zero-order valence-corrected chi connectivity index (χ0v) is 10.1. The van der Waals surface area contributed by atoms with Crippen molar-refractivity contribution < 1.29 is 13.2 Å². The number of hydrogen-bond donors (Lipinski definition) is 0. The van der Waals surface area contributed by atoms with Crippen LogP contribution in [-0.4, -0.2) is 8.75 Å². The molecule has 1 heterocycles. The molecular weight excluding hydrogens is 273 g/mol. The van der Waals surface area contributed by atoms with Crippen LogP contribution >= 0.6 is 23.3 Å². The molecule has 2 aromatic rings. The molecule has 0 bridgehead atoms. The molecule has 0 N–H and O–H groups in total. The van der Waals surface area contributed by atoms with E-state index in [2.05, 4.69) is 8.75 Å². The molecule has 0 aliphatic rings. The van der Waals surface area contributed by atoms with Crippen molar-refractivity contribution in [1.82, 2.24) is 8.75 Å². The summed E-state index contributed by atoms with van der Waals surface area (Å²) in [5.41, 5.74) is 0.770. The Bertz CT molecular complexity index is 551. The third-order valence-corrected chi connectivity index (χ3v) is 3.15. The highest BCUT2D eigenvalue weighted by molar-refractivity contribution is 6.99. The molecule has 0 fully saturated rings. The second kappa shape index (κ2) is 4.27. The van der Waals surface area contributed by atoms with Crippen LogP contribution in [0.4, 0.5) is 13.2 Å². The van der Waals surface area contributed by atoms with Gasteiger partial charge in [0.05, 0.1) is 17.3 Å². The van der Waals surface area contributed by atoms with Crippen LogP contribution in [0.25, 0.3) is 11.3 Å². The molecule has 0 unspecified atom stereocenters. The van der Waals surface area contributed by atoms with E-state index in [0.717, 1.165) is 23.9 Å². The number of halogens is 4. The van der Waals surface area contributed by atoms with E-state index in [1.165, 1.54) is 6.07 Å². The van der Waals surface area contributed by atoms with Gasteiger partial charge in [-0.15, -0.1) is 0 Å². The lowest BCUT2D eigenvalue weighted by atomic mass is 10.0. The standard InChI is InChI=1S/C10H6ClF3N2S/c1-5-4-6(10(12,13)14)2-3-7(5)8-9(11)16-17-15-8/h2-4H,1H3. The smallest absolute Gasteiger partial charge is 0.171 e. The number of aromatic nitrogens is 2. The van der Waals surface area contributed by atoms with Crippen molar-refractivity contribution in [2.24, 2.45) is 0 Å². The minimum absolute atomic E-state index is 0.206. The van der Waals surface area contributed by atoms with Gasteiger partial charge in [-0.05, 0) is 24.6 Å². The van der Waals surface area contributed by atoms with E-state index in [1.54, 1.807) is 6.92 Å². The second-order valence-corrected chi connectivity index (χ2v) is 4.32. The van der Waals surface area contributed by atoms with Crippen LogP contribution in [-0.2, 0) is 6.18 Å². The Hall–Kier alpha value is -1.14. The van der Waals surface area contributed by atoms with Gasteiger partial charge in [0.15, 0.2) is 5.15 Å². The molecule has 0 saturated carbocycles. The maximum Gasteiger partial charge on any atom is 0.416 e. The molecule has 0 atom stereocenters. The molecular formula is C10H6ClF3N2S. The van der Waals surface area contributed by atoms with Crippen LogP contribution in [0.15, 0.2) is 18.2 Å². The van der Waals surface area contributed by atoms with E-state index >= 15 is 0 Å². The van der Waals surface area contributed by atoms with Crippen molar-refractivity contribution in [3.8, 4) is 11.3 Å². The second-order valence-electron chi connectivity index (χ2n) is 3.43. The molecule has 0 aliphatic heterocycles. The summed E-state index contributed by atoms with van der Waals surface area (Å²) in [6.45, 7) is 1.58. The number of nitrogens with zero attached hydrogens (tertiary/aromatic N) is 2. The molecule has 0 amide bonds. The Morgan fingerprint density at radius 3 is 2.41 bits per heavy atom. The van der Waals surface area contributed by atoms with Crippen molar-refractivity contribution in [3.05, 3.63) is 34.5 Å². The van der Waals surface area contributed by atoms with Crippen LogP contribution in [0.1, 0.15) is 11.1 Å². The maximum atomic E-state index is 12.5. The molecule has 1 aromatic heterocycles. The average Bonchev–Trinajstić information content (AvgIpc) is 2.63. The first kappa shape index (κ1) is 12.3. The quantitative estimate of drug-likeness (QED) is 0.782. The maximum absolute atomic E-state index is 12.5. The van der Waals surface area contributed by atoms with Crippen LogP contribution < -0.4 is 0 Å². The SMILES string of the molecule is Cc1cc(C(F)(F)F)ccc1-c1nsnc1Cl. The number of rotatable bonds is 1. The zero-order chi connectivity index (χ0) is 12.6. The summed E-state index contributed by atoms with van der Waals surface area (Å²) >= 11 is 6.72. The Balaban J connectivity index is 2.50. The van der Waals surface area contributed by atoms with Crippen LogP contribution in [0.2, 0.25) is 5.15 Å². The van der Waals surface area contributed by atoms with Crippen LogP contribution in [0, 0.1) is 6.92 Å². The molecule has 0 aliphatic carbocycles. The first-order chi connectivity index (χ1) is 7.89. The fourth-order valence-corrected chi connectivity index (χ4v) is 2.20. The minimum atomic E-state index is -4.34. The van der Waals surface area contributed by atoms with Crippen molar-refractivity contribution in [2.75, 3.05) is 0 Å². The van der Waals surface area contributed by atoms with Gasteiger partial charge in [0.2, 0.25) is 0 Å². The summed E-state index contributed by atoms with van der Waals surface area (Å²) in [4.78, 5) is 0. The predicted molar refractivity (Wildman–Crippen MR) is 60.1 cm³/mol. The summed E-state index contributed by atoms with van der Waals surface area (Å²) in [5.74, 6) is 0. The lowest BCUT2D eigenvalue weighted by molar-refractivity contribution is -0.137. The Morgan fingerprint density at radius 2 is 1.94 bits per heavy atom. The van der Waals surface area contributed by atoms with E-state index in [0.29, 0.717) is 16.8 Å². The molecule has 2 nitrogen and oxygen atoms in total. The molecule has 0 saturated heterocycles. The topological polar surface area (TPSA) is 25.8 Å². The van der Waals surface area contributed by atoms with Gasteiger partial charge in [-0.1, -0.05) is 17.7 Å². The Kier molecular flexibility index (Phi) is 3.09. The molecule has 1 aromatic carbocycles. The summed E-state index contributed by atoms with van der Waals surface area (Å²) in [5, 5.41) is 0.206. The minimum Gasteiger partial charge on any atom is -0.171 e. The van der Waals surface area contributed by atoms with Gasteiger partial charge in [-0.3, -0.25) is 0 Å². The zero-order valence-electron chi connectivity index (χ0n) is 8.55. The summed E-state index contributed by atoms with van der Waals surface area (Å²) < 4.78 is 45.1. The normalized spacial score (nSPS) is 11.8. The lowest BCUT2D eigenvalue weighted by Crippen LogP contribution is -2.05. The van der Waals surface area contributed by atoms with Crippen molar-refractivity contribution >= 4 is 23.3 Å². The fraction of sp³-hybridized carbons (Fsp3) is 0.200. The largest absolute Gasteiger partial charge is 0.416 e. The Morgan fingerprint density at radius 1 is 1.24 bits per heavy atom. The van der Waals surface area contributed by atoms with Crippen molar-refractivity contribution in [2.45, 2.75) is 13.1 Å². The molecule has 17 heavy (non-hydrogen) atoms. The van der Waals surface area contributed by atoms with Gasteiger partial charge in [-0.25, -0.2) is 0 Å². The summed E-state index contributed by atoms with van der Waals surface area (Å²) in [6.07, 6.45) is -4.34. The van der Waals surface area contributed by atoms with E-state index < -0.39 is 11.7 Å². The van der Waals surface area contributed by atoms with Gasteiger partial charge < -0.3 is 0 Å². The fourth-order valence-electron chi connectivity index (χ4n) is 1.44. The highest BCUT2D eigenvalue weighted by atomic mass is 35.5. The molecule has 0 spiro atoms. The number of alkyl halides is 3. The summed E-state index contributed by atoms with van der Waals surface area (Å²) in [6, 6.07) is 3.45. The van der Waals surface area contributed by atoms with E-state index in [4.69, 9.17) is 11.6 Å². The highest BCUT2D eigenvalue weighted by Gasteiger charge is 2.30.